The normalized spacial score (nSPS) is 20.2. The SMILES string of the molecule is CCCCCCCCCCCCCCNC(=O)N(CCCCCCCCCCCC)[C@@H]1O[C@H](CO)[C@@H](O)[C@H](O)[C@H]1NC(=O)OCc1ccccc1. The summed E-state index contributed by atoms with van der Waals surface area (Å²) in [6.45, 7) is 4.78. The maximum atomic E-state index is 13.7. The number of amides is 3. The first-order valence-corrected chi connectivity index (χ1v) is 20.6. The summed E-state index contributed by atoms with van der Waals surface area (Å²) in [6.07, 6.45) is 20.2. The second kappa shape index (κ2) is 29.1. The molecule has 0 aliphatic carbocycles. The molecule has 10 nitrogen and oxygen atoms in total. The molecule has 1 aromatic rings. The van der Waals surface area contributed by atoms with Crippen LogP contribution in [0.15, 0.2) is 30.3 Å². The molecule has 1 fully saturated rings. The second-order valence-electron chi connectivity index (χ2n) is 14.5. The van der Waals surface area contributed by atoms with E-state index < -0.39 is 43.3 Å². The smallest absolute Gasteiger partial charge is 0.407 e. The van der Waals surface area contributed by atoms with Gasteiger partial charge in [0.2, 0.25) is 0 Å². The highest BCUT2D eigenvalue weighted by Gasteiger charge is 2.48. The number of rotatable bonds is 29. The Morgan fingerprint density at radius 2 is 1.20 bits per heavy atom. The van der Waals surface area contributed by atoms with Crippen LogP contribution in [-0.4, -0.2) is 82.6 Å². The Morgan fingerprint density at radius 1 is 0.706 bits per heavy atom. The van der Waals surface area contributed by atoms with Crippen molar-refractivity contribution < 1.29 is 34.4 Å². The molecule has 51 heavy (non-hydrogen) atoms. The van der Waals surface area contributed by atoms with Crippen LogP contribution in [0, 0.1) is 0 Å². The lowest BCUT2D eigenvalue weighted by atomic mass is 9.95. The van der Waals surface area contributed by atoms with Gasteiger partial charge in [-0.2, -0.15) is 0 Å². The third kappa shape index (κ3) is 19.3. The van der Waals surface area contributed by atoms with E-state index in [1.165, 1.54) is 101 Å². The molecule has 0 radical (unpaired) electrons. The van der Waals surface area contributed by atoms with Gasteiger partial charge in [-0.3, -0.25) is 4.90 Å². The van der Waals surface area contributed by atoms with Crippen molar-refractivity contribution in [2.24, 2.45) is 0 Å². The molecule has 1 aliphatic rings. The first-order valence-electron chi connectivity index (χ1n) is 20.6. The van der Waals surface area contributed by atoms with E-state index in [2.05, 4.69) is 24.5 Å². The number of alkyl carbamates (subject to hydrolysis) is 1. The van der Waals surface area contributed by atoms with Gasteiger partial charge in [0, 0.05) is 13.1 Å². The molecule has 0 aromatic heterocycles. The molecule has 0 unspecified atom stereocenters. The molecule has 0 bridgehead atoms. The highest BCUT2D eigenvalue weighted by Crippen LogP contribution is 2.25. The van der Waals surface area contributed by atoms with Gasteiger partial charge in [-0.05, 0) is 18.4 Å². The van der Waals surface area contributed by atoms with Crippen molar-refractivity contribution in [1.29, 1.82) is 0 Å². The minimum Gasteiger partial charge on any atom is -0.445 e. The maximum Gasteiger partial charge on any atom is 0.407 e. The fraction of sp³-hybridized carbons (Fsp3) is 0.805. The molecule has 10 heteroatoms. The Hall–Kier alpha value is -2.40. The van der Waals surface area contributed by atoms with E-state index in [9.17, 15) is 24.9 Å². The molecule has 1 aromatic carbocycles. The molecule has 1 saturated heterocycles. The van der Waals surface area contributed by atoms with E-state index in [0.717, 1.165) is 50.5 Å². The monoisotopic (exact) mass is 720 g/mol. The third-order valence-electron chi connectivity index (χ3n) is 10.0. The summed E-state index contributed by atoms with van der Waals surface area (Å²) < 4.78 is 11.5. The van der Waals surface area contributed by atoms with Crippen LogP contribution in [0.25, 0.3) is 0 Å². The molecule has 0 spiro atoms. The molecule has 1 heterocycles. The number of carbonyl (C=O) groups is 2. The Labute approximate surface area is 309 Å². The van der Waals surface area contributed by atoms with Crippen LogP contribution in [0.3, 0.4) is 0 Å². The summed E-state index contributed by atoms with van der Waals surface area (Å²) in [7, 11) is 0. The fourth-order valence-corrected chi connectivity index (χ4v) is 6.80. The number of unbranched alkanes of at least 4 members (excludes halogenated alkanes) is 20. The number of carbonyl (C=O) groups excluding carboxylic acids is 2. The van der Waals surface area contributed by atoms with Crippen LogP contribution < -0.4 is 10.6 Å². The van der Waals surface area contributed by atoms with Crippen molar-refractivity contribution in [2.75, 3.05) is 19.7 Å². The molecule has 1 aliphatic heterocycles. The summed E-state index contributed by atoms with van der Waals surface area (Å²) in [5, 5.41) is 37.5. The number of ether oxygens (including phenoxy) is 2. The van der Waals surface area contributed by atoms with Crippen LogP contribution in [0.4, 0.5) is 9.59 Å². The number of aliphatic hydroxyl groups excluding tert-OH is 3. The second-order valence-corrected chi connectivity index (χ2v) is 14.5. The zero-order valence-electron chi connectivity index (χ0n) is 32.1. The van der Waals surface area contributed by atoms with Gasteiger partial charge in [0.15, 0.2) is 6.23 Å². The first kappa shape index (κ1) is 44.8. The number of benzene rings is 1. The van der Waals surface area contributed by atoms with Crippen LogP contribution in [0.1, 0.15) is 161 Å². The van der Waals surface area contributed by atoms with Gasteiger partial charge in [-0.25, -0.2) is 9.59 Å². The van der Waals surface area contributed by atoms with E-state index >= 15 is 0 Å². The van der Waals surface area contributed by atoms with Crippen LogP contribution in [0.5, 0.6) is 0 Å². The lowest BCUT2D eigenvalue weighted by Crippen LogP contribution is -2.69. The van der Waals surface area contributed by atoms with E-state index in [0.29, 0.717) is 13.1 Å². The Morgan fingerprint density at radius 3 is 1.71 bits per heavy atom. The number of hydrogen-bond donors (Lipinski definition) is 5. The average molecular weight is 720 g/mol. The lowest BCUT2D eigenvalue weighted by Gasteiger charge is -2.46. The zero-order valence-corrected chi connectivity index (χ0v) is 32.1. The molecular weight excluding hydrogens is 646 g/mol. The maximum absolute atomic E-state index is 13.7. The van der Waals surface area contributed by atoms with Gasteiger partial charge >= 0.3 is 12.1 Å². The first-order chi connectivity index (χ1) is 24.9. The van der Waals surface area contributed by atoms with Crippen LogP contribution in [-0.2, 0) is 16.1 Å². The lowest BCUT2D eigenvalue weighted by molar-refractivity contribution is -0.222. The van der Waals surface area contributed by atoms with Gasteiger partial charge in [0.25, 0.3) is 0 Å². The number of urea groups is 1. The summed E-state index contributed by atoms with van der Waals surface area (Å²) in [4.78, 5) is 28.2. The summed E-state index contributed by atoms with van der Waals surface area (Å²) in [5.41, 5.74) is 0.796. The molecule has 5 atom stereocenters. The van der Waals surface area contributed by atoms with Gasteiger partial charge in [0.05, 0.1) is 6.61 Å². The average Bonchev–Trinajstić information content (AvgIpc) is 3.14. The molecule has 2 rings (SSSR count). The highest BCUT2D eigenvalue weighted by molar-refractivity contribution is 5.75. The van der Waals surface area contributed by atoms with Crippen molar-refractivity contribution in [3.8, 4) is 0 Å². The summed E-state index contributed by atoms with van der Waals surface area (Å²) >= 11 is 0. The minimum absolute atomic E-state index is 0.0185. The van der Waals surface area contributed by atoms with Crippen molar-refractivity contribution >= 4 is 12.1 Å². The van der Waals surface area contributed by atoms with E-state index in [1.54, 1.807) is 0 Å². The number of nitrogens with one attached hydrogen (secondary N) is 2. The van der Waals surface area contributed by atoms with Crippen molar-refractivity contribution in [3.63, 3.8) is 0 Å². The number of nitrogens with zero attached hydrogens (tertiary/aromatic N) is 1. The van der Waals surface area contributed by atoms with Gasteiger partial charge in [0.1, 0.15) is 31.0 Å². The van der Waals surface area contributed by atoms with Crippen LogP contribution in [0.2, 0.25) is 0 Å². The van der Waals surface area contributed by atoms with E-state index in [-0.39, 0.29) is 12.6 Å². The molecule has 294 valence electrons. The van der Waals surface area contributed by atoms with Crippen molar-refractivity contribution in [1.82, 2.24) is 15.5 Å². The van der Waals surface area contributed by atoms with Crippen LogP contribution >= 0.6 is 0 Å². The van der Waals surface area contributed by atoms with E-state index in [1.807, 2.05) is 30.3 Å². The van der Waals surface area contributed by atoms with Gasteiger partial charge in [-0.1, -0.05) is 173 Å². The zero-order chi connectivity index (χ0) is 36.9. The minimum atomic E-state index is -1.50. The molecular formula is C41H73N3O7. The standard InChI is InChI=1S/C41H73N3O7/c1-3-5-7-9-11-13-15-16-17-19-21-26-30-42-40(48)44(31-27-22-20-18-14-12-10-8-6-4-2)39-36(38(47)37(46)35(32-45)51-39)43-41(49)50-33-34-28-24-23-25-29-34/h23-25,28-29,35-39,45-47H,3-22,26-27,30-33H2,1-2H3,(H,42,48)(H,43,49)/t35-,36-,37-,38-,39-/m1/s1. The topological polar surface area (TPSA) is 141 Å². The largest absolute Gasteiger partial charge is 0.445 e. The van der Waals surface area contributed by atoms with Gasteiger partial charge in [-0.15, -0.1) is 0 Å². The Kier molecular flexibility index (Phi) is 25.5. The predicted octanol–water partition coefficient (Wildman–Crippen LogP) is 8.35. The third-order valence-corrected chi connectivity index (χ3v) is 10.0. The Balaban J connectivity index is 1.95. The Bertz CT molecular complexity index is 1000. The molecule has 0 saturated carbocycles. The summed E-state index contributed by atoms with van der Waals surface area (Å²) in [5.74, 6) is 0. The van der Waals surface area contributed by atoms with E-state index in [4.69, 9.17) is 9.47 Å². The number of aliphatic hydroxyl groups is 3. The summed E-state index contributed by atoms with van der Waals surface area (Å²) in [6, 6.07) is 7.69. The van der Waals surface area contributed by atoms with Crippen molar-refractivity contribution in [2.45, 2.75) is 192 Å². The fourth-order valence-electron chi connectivity index (χ4n) is 6.80. The predicted molar refractivity (Wildman–Crippen MR) is 204 cm³/mol. The number of hydrogen-bond acceptors (Lipinski definition) is 7. The van der Waals surface area contributed by atoms with Crippen molar-refractivity contribution in [3.05, 3.63) is 35.9 Å². The quantitative estimate of drug-likeness (QED) is 0.0524. The highest BCUT2D eigenvalue weighted by atomic mass is 16.6. The molecule has 5 N–H and O–H groups in total. The molecule has 3 amide bonds. The van der Waals surface area contributed by atoms with Gasteiger partial charge < -0.3 is 35.4 Å².